The number of likely N-dealkylation sites (N-methyl/N-ethyl adjacent to an activating group) is 1. The Morgan fingerprint density at radius 3 is 3.09 bits per heavy atom. The largest absolute Gasteiger partial charge is 0.374 e. The molecule has 0 saturated carbocycles. The van der Waals surface area contributed by atoms with Gasteiger partial charge in [-0.2, -0.15) is 5.10 Å². The van der Waals surface area contributed by atoms with Gasteiger partial charge >= 0.3 is 0 Å². The van der Waals surface area contributed by atoms with Crippen LogP contribution in [0.4, 0.5) is 0 Å². The molecule has 1 atom stereocenters. The Labute approximate surface area is 132 Å². The quantitative estimate of drug-likeness (QED) is 0.427. The van der Waals surface area contributed by atoms with E-state index in [0.29, 0.717) is 6.54 Å². The van der Waals surface area contributed by atoms with Crippen LogP contribution in [-0.2, 0) is 11.3 Å². The molecular formula is C15H28N6O. The summed E-state index contributed by atoms with van der Waals surface area (Å²) in [6, 6.07) is 1.94. The Bertz CT molecular complexity index is 433. The zero-order chi connectivity index (χ0) is 15.6. The lowest BCUT2D eigenvalue weighted by atomic mass is 10.3. The molecule has 124 valence electrons. The van der Waals surface area contributed by atoms with Gasteiger partial charge in [0, 0.05) is 45.1 Å². The molecule has 1 fully saturated rings. The van der Waals surface area contributed by atoms with Crippen molar-refractivity contribution in [1.82, 2.24) is 25.3 Å². The molecule has 1 unspecified atom stereocenters. The molecule has 1 aromatic rings. The summed E-state index contributed by atoms with van der Waals surface area (Å²) in [5, 5.41) is 10.8. The van der Waals surface area contributed by atoms with Crippen LogP contribution in [0.15, 0.2) is 23.5 Å². The Kier molecular flexibility index (Phi) is 7.18. The Balaban J connectivity index is 1.69. The third kappa shape index (κ3) is 6.03. The molecule has 1 aliphatic rings. The van der Waals surface area contributed by atoms with Gasteiger partial charge in [0.05, 0.1) is 19.3 Å². The first-order valence-corrected chi connectivity index (χ1v) is 8.07. The van der Waals surface area contributed by atoms with Crippen molar-refractivity contribution in [3.8, 4) is 0 Å². The smallest absolute Gasteiger partial charge is 0.191 e. The number of morpholine rings is 1. The van der Waals surface area contributed by atoms with Crippen LogP contribution in [0.1, 0.15) is 13.3 Å². The number of rotatable bonds is 7. The minimum Gasteiger partial charge on any atom is -0.374 e. The maximum absolute atomic E-state index is 5.74. The molecule has 0 spiro atoms. The molecule has 2 heterocycles. The van der Waals surface area contributed by atoms with E-state index in [0.717, 1.165) is 51.7 Å². The van der Waals surface area contributed by atoms with Crippen molar-refractivity contribution in [2.45, 2.75) is 26.0 Å². The molecule has 2 rings (SSSR count). The van der Waals surface area contributed by atoms with Crippen LogP contribution in [0.5, 0.6) is 0 Å². The van der Waals surface area contributed by atoms with Gasteiger partial charge in [0.1, 0.15) is 0 Å². The first-order chi connectivity index (χ1) is 10.8. The molecule has 1 aliphatic heterocycles. The van der Waals surface area contributed by atoms with Gasteiger partial charge in [-0.25, -0.2) is 0 Å². The summed E-state index contributed by atoms with van der Waals surface area (Å²) in [6.45, 7) is 8.16. The van der Waals surface area contributed by atoms with Crippen LogP contribution in [-0.4, -0.2) is 73.1 Å². The van der Waals surface area contributed by atoms with E-state index >= 15 is 0 Å². The van der Waals surface area contributed by atoms with Crippen LogP contribution in [0.3, 0.4) is 0 Å². The minimum atomic E-state index is 0.193. The predicted molar refractivity (Wildman–Crippen MR) is 88.1 cm³/mol. The second-order valence-electron chi connectivity index (χ2n) is 5.52. The highest BCUT2D eigenvalue weighted by Gasteiger charge is 2.17. The van der Waals surface area contributed by atoms with Crippen molar-refractivity contribution in [2.75, 3.05) is 46.4 Å². The Hall–Kier alpha value is -1.60. The molecule has 0 bridgehead atoms. The summed E-state index contributed by atoms with van der Waals surface area (Å²) in [5.41, 5.74) is 0. The third-order valence-corrected chi connectivity index (χ3v) is 3.55. The number of aryl methyl sites for hydroxylation is 1. The molecule has 0 aliphatic carbocycles. The lowest BCUT2D eigenvalue weighted by molar-refractivity contribution is -0.0136. The van der Waals surface area contributed by atoms with Crippen LogP contribution >= 0.6 is 0 Å². The standard InChI is InChI=1S/C15H28N6O/c1-3-16-15(17-6-4-8-21-9-5-7-19-21)18-12-14-13-20(2)10-11-22-14/h5,7,9,14H,3-4,6,8,10-13H2,1-2H3,(H2,16,17,18). The zero-order valence-electron chi connectivity index (χ0n) is 13.7. The number of aliphatic imine (C=N–C) groups is 1. The lowest BCUT2D eigenvalue weighted by Crippen LogP contribution is -2.43. The summed E-state index contributed by atoms with van der Waals surface area (Å²) in [6.07, 6.45) is 4.99. The fourth-order valence-corrected chi connectivity index (χ4v) is 2.39. The predicted octanol–water partition coefficient (Wildman–Crippen LogP) is 0.159. The first kappa shape index (κ1) is 16.8. The number of nitrogens with zero attached hydrogens (tertiary/aromatic N) is 4. The van der Waals surface area contributed by atoms with Gasteiger partial charge in [0.15, 0.2) is 5.96 Å². The second-order valence-corrected chi connectivity index (χ2v) is 5.52. The normalized spacial score (nSPS) is 20.1. The molecule has 22 heavy (non-hydrogen) atoms. The molecule has 1 aromatic heterocycles. The van der Waals surface area contributed by atoms with Crippen LogP contribution in [0.2, 0.25) is 0 Å². The van der Waals surface area contributed by atoms with E-state index in [4.69, 9.17) is 4.74 Å². The van der Waals surface area contributed by atoms with Gasteiger partial charge in [-0.15, -0.1) is 0 Å². The number of nitrogens with one attached hydrogen (secondary N) is 2. The highest BCUT2D eigenvalue weighted by Crippen LogP contribution is 2.03. The van der Waals surface area contributed by atoms with E-state index in [1.54, 1.807) is 6.20 Å². The van der Waals surface area contributed by atoms with Crippen LogP contribution < -0.4 is 10.6 Å². The Morgan fingerprint density at radius 1 is 1.45 bits per heavy atom. The maximum Gasteiger partial charge on any atom is 0.191 e. The first-order valence-electron chi connectivity index (χ1n) is 8.07. The number of ether oxygens (including phenoxy) is 1. The number of hydrogen-bond acceptors (Lipinski definition) is 4. The van der Waals surface area contributed by atoms with E-state index in [-0.39, 0.29) is 6.10 Å². The highest BCUT2D eigenvalue weighted by atomic mass is 16.5. The number of aromatic nitrogens is 2. The highest BCUT2D eigenvalue weighted by molar-refractivity contribution is 5.79. The topological polar surface area (TPSA) is 66.7 Å². The number of guanidine groups is 1. The SMILES string of the molecule is CCNC(=NCC1CN(C)CCO1)NCCCn1cccn1. The average molecular weight is 308 g/mol. The molecule has 0 radical (unpaired) electrons. The van der Waals surface area contributed by atoms with E-state index in [2.05, 4.69) is 39.6 Å². The van der Waals surface area contributed by atoms with Gasteiger partial charge in [-0.3, -0.25) is 9.67 Å². The fourth-order valence-electron chi connectivity index (χ4n) is 2.39. The van der Waals surface area contributed by atoms with E-state index in [1.165, 1.54) is 0 Å². The van der Waals surface area contributed by atoms with Gasteiger partial charge < -0.3 is 20.3 Å². The Morgan fingerprint density at radius 2 is 2.36 bits per heavy atom. The molecule has 0 aromatic carbocycles. The maximum atomic E-state index is 5.74. The molecule has 7 heteroatoms. The molecule has 7 nitrogen and oxygen atoms in total. The van der Waals surface area contributed by atoms with Crippen molar-refractivity contribution < 1.29 is 4.74 Å². The third-order valence-electron chi connectivity index (χ3n) is 3.55. The summed E-state index contributed by atoms with van der Waals surface area (Å²) in [4.78, 5) is 6.91. The van der Waals surface area contributed by atoms with E-state index in [9.17, 15) is 0 Å². The van der Waals surface area contributed by atoms with Crippen molar-refractivity contribution in [3.63, 3.8) is 0 Å². The average Bonchev–Trinajstić information content (AvgIpc) is 3.02. The van der Waals surface area contributed by atoms with Crippen LogP contribution in [0.25, 0.3) is 0 Å². The van der Waals surface area contributed by atoms with Crippen molar-refractivity contribution in [1.29, 1.82) is 0 Å². The number of hydrogen-bond donors (Lipinski definition) is 2. The summed E-state index contributed by atoms with van der Waals surface area (Å²) < 4.78 is 7.68. The summed E-state index contributed by atoms with van der Waals surface area (Å²) >= 11 is 0. The van der Waals surface area contributed by atoms with E-state index in [1.807, 2.05) is 16.9 Å². The van der Waals surface area contributed by atoms with Crippen molar-refractivity contribution in [2.24, 2.45) is 4.99 Å². The molecular weight excluding hydrogens is 280 g/mol. The molecule has 2 N–H and O–H groups in total. The van der Waals surface area contributed by atoms with Crippen LogP contribution in [0, 0.1) is 0 Å². The van der Waals surface area contributed by atoms with Gasteiger partial charge in [0.2, 0.25) is 0 Å². The minimum absolute atomic E-state index is 0.193. The second kappa shape index (κ2) is 9.42. The van der Waals surface area contributed by atoms with Crippen molar-refractivity contribution >= 4 is 5.96 Å². The van der Waals surface area contributed by atoms with Crippen molar-refractivity contribution in [3.05, 3.63) is 18.5 Å². The van der Waals surface area contributed by atoms with Gasteiger partial charge in [0.25, 0.3) is 0 Å². The fraction of sp³-hybridized carbons (Fsp3) is 0.733. The monoisotopic (exact) mass is 308 g/mol. The van der Waals surface area contributed by atoms with Gasteiger partial charge in [-0.1, -0.05) is 0 Å². The van der Waals surface area contributed by atoms with E-state index < -0.39 is 0 Å². The molecule has 0 amide bonds. The lowest BCUT2D eigenvalue weighted by Gasteiger charge is -2.29. The summed E-state index contributed by atoms with van der Waals surface area (Å²) in [7, 11) is 2.12. The zero-order valence-corrected chi connectivity index (χ0v) is 13.7. The summed E-state index contributed by atoms with van der Waals surface area (Å²) in [5.74, 6) is 0.861. The molecule has 1 saturated heterocycles. The van der Waals surface area contributed by atoms with Gasteiger partial charge in [-0.05, 0) is 26.5 Å².